The summed E-state index contributed by atoms with van der Waals surface area (Å²) in [5.41, 5.74) is 2.12. The molecule has 0 saturated heterocycles. The van der Waals surface area contributed by atoms with Crippen LogP contribution in [-0.4, -0.2) is 23.2 Å². The molecule has 0 atom stereocenters. The monoisotopic (exact) mass is 308 g/mol. The molecule has 0 fully saturated rings. The molecule has 21 heavy (non-hydrogen) atoms. The molecule has 0 aliphatic rings. The summed E-state index contributed by atoms with van der Waals surface area (Å²) in [6, 6.07) is 5.46. The average molecular weight is 308 g/mol. The first-order valence-electron chi connectivity index (χ1n) is 7.16. The van der Waals surface area contributed by atoms with E-state index in [1.165, 1.54) is 0 Å². The van der Waals surface area contributed by atoms with Crippen LogP contribution < -0.4 is 10.6 Å². The third-order valence-corrected chi connectivity index (χ3v) is 3.62. The van der Waals surface area contributed by atoms with Crippen LogP contribution in [0.4, 0.5) is 5.69 Å². The van der Waals surface area contributed by atoms with Crippen molar-refractivity contribution in [2.24, 2.45) is 0 Å². The lowest BCUT2D eigenvalue weighted by molar-refractivity contribution is 0.0525. The Labute approximate surface area is 132 Å². The molecule has 116 valence electrons. The molecule has 1 rings (SSSR count). The second-order valence-electron chi connectivity index (χ2n) is 5.52. The van der Waals surface area contributed by atoms with Crippen LogP contribution in [0.2, 0.25) is 0 Å². The van der Waals surface area contributed by atoms with E-state index < -0.39 is 0 Å². The lowest BCUT2D eigenvalue weighted by atomic mass is 10.0. The van der Waals surface area contributed by atoms with Gasteiger partial charge in [-0.15, -0.1) is 0 Å². The predicted molar refractivity (Wildman–Crippen MR) is 90.9 cm³/mol. The van der Waals surface area contributed by atoms with Gasteiger partial charge in [0.25, 0.3) is 0 Å². The highest BCUT2D eigenvalue weighted by atomic mass is 32.1. The molecule has 5 heteroatoms. The minimum Gasteiger partial charge on any atom is -0.462 e. The summed E-state index contributed by atoms with van der Waals surface area (Å²) in [7, 11) is 0. The number of esters is 1. The Morgan fingerprint density at radius 3 is 2.57 bits per heavy atom. The predicted octanol–water partition coefficient (Wildman–Crippen LogP) is 3.65. The van der Waals surface area contributed by atoms with Crippen molar-refractivity contribution in [1.82, 2.24) is 5.32 Å². The van der Waals surface area contributed by atoms with Gasteiger partial charge in [-0.05, 0) is 64.0 Å². The number of nitrogens with one attached hydrogen (secondary N) is 2. The first-order valence-corrected chi connectivity index (χ1v) is 7.57. The zero-order valence-electron chi connectivity index (χ0n) is 13.4. The van der Waals surface area contributed by atoms with Crippen LogP contribution in [0.3, 0.4) is 0 Å². The van der Waals surface area contributed by atoms with E-state index >= 15 is 0 Å². The molecule has 0 radical (unpaired) electrons. The maximum atomic E-state index is 11.9. The first kappa shape index (κ1) is 17.4. The van der Waals surface area contributed by atoms with E-state index in [0.717, 1.165) is 17.7 Å². The molecule has 0 unspecified atom stereocenters. The highest BCUT2D eigenvalue weighted by molar-refractivity contribution is 7.80. The van der Waals surface area contributed by atoms with E-state index in [0.29, 0.717) is 17.3 Å². The fourth-order valence-electron chi connectivity index (χ4n) is 1.75. The minimum absolute atomic E-state index is 0.0727. The number of hydrogen-bond donors (Lipinski definition) is 2. The van der Waals surface area contributed by atoms with Gasteiger partial charge in [0.05, 0.1) is 12.2 Å². The van der Waals surface area contributed by atoms with E-state index in [-0.39, 0.29) is 11.5 Å². The molecule has 0 aliphatic carbocycles. The van der Waals surface area contributed by atoms with Gasteiger partial charge in [-0.25, -0.2) is 4.79 Å². The molecule has 0 aromatic heterocycles. The zero-order valence-corrected chi connectivity index (χ0v) is 14.2. The smallest absolute Gasteiger partial charge is 0.338 e. The van der Waals surface area contributed by atoms with Gasteiger partial charge in [0.1, 0.15) is 0 Å². The van der Waals surface area contributed by atoms with Gasteiger partial charge in [0, 0.05) is 11.2 Å². The number of carbonyl (C=O) groups excluding carboxylic acids is 1. The number of anilines is 1. The van der Waals surface area contributed by atoms with Crippen molar-refractivity contribution in [1.29, 1.82) is 0 Å². The number of ether oxygens (including phenoxy) is 1. The van der Waals surface area contributed by atoms with E-state index in [4.69, 9.17) is 17.0 Å². The molecule has 0 heterocycles. The molecular weight excluding hydrogens is 284 g/mol. The molecule has 2 N–H and O–H groups in total. The number of hydrogen-bond acceptors (Lipinski definition) is 3. The third kappa shape index (κ3) is 5.01. The van der Waals surface area contributed by atoms with Gasteiger partial charge >= 0.3 is 5.97 Å². The number of thiocarbonyl (C=S) groups is 1. The summed E-state index contributed by atoms with van der Waals surface area (Å²) in [6.07, 6.45) is 0.955. The van der Waals surface area contributed by atoms with Crippen LogP contribution in [0.15, 0.2) is 18.2 Å². The highest BCUT2D eigenvalue weighted by Gasteiger charge is 2.17. The Morgan fingerprint density at radius 2 is 2.00 bits per heavy atom. The number of benzene rings is 1. The molecule has 1 aromatic rings. The molecule has 1 aromatic carbocycles. The summed E-state index contributed by atoms with van der Waals surface area (Å²) in [5.74, 6) is -0.314. The van der Waals surface area contributed by atoms with E-state index in [1.807, 2.05) is 19.1 Å². The van der Waals surface area contributed by atoms with Crippen molar-refractivity contribution in [3.8, 4) is 0 Å². The van der Waals surface area contributed by atoms with E-state index in [2.05, 4.69) is 31.4 Å². The van der Waals surface area contributed by atoms with Gasteiger partial charge in [-0.1, -0.05) is 13.0 Å². The Balaban J connectivity index is 2.88. The fraction of sp³-hybridized carbons (Fsp3) is 0.500. The van der Waals surface area contributed by atoms with Crippen LogP contribution in [0.5, 0.6) is 0 Å². The molecule has 0 amide bonds. The maximum Gasteiger partial charge on any atom is 0.338 e. The molecule has 0 aliphatic heterocycles. The third-order valence-electron chi connectivity index (χ3n) is 3.41. The fourth-order valence-corrected chi connectivity index (χ4v) is 2.14. The normalized spacial score (nSPS) is 10.9. The van der Waals surface area contributed by atoms with E-state index in [9.17, 15) is 4.79 Å². The van der Waals surface area contributed by atoms with Crippen LogP contribution >= 0.6 is 12.2 Å². The topological polar surface area (TPSA) is 50.4 Å². The number of rotatable bonds is 5. The molecule has 0 spiro atoms. The van der Waals surface area contributed by atoms with Gasteiger partial charge in [-0.3, -0.25) is 0 Å². The molecule has 0 bridgehead atoms. The Kier molecular flexibility index (Phi) is 6.15. The lowest BCUT2D eigenvalue weighted by Crippen LogP contribution is -2.44. The summed E-state index contributed by atoms with van der Waals surface area (Å²) < 4.78 is 5.05. The van der Waals surface area contributed by atoms with Gasteiger partial charge in [-0.2, -0.15) is 0 Å². The molecule has 0 saturated carbocycles. The second-order valence-corrected chi connectivity index (χ2v) is 5.92. The van der Waals surface area contributed by atoms with Gasteiger partial charge < -0.3 is 15.4 Å². The summed E-state index contributed by atoms with van der Waals surface area (Å²) in [6.45, 7) is 10.3. The summed E-state index contributed by atoms with van der Waals surface area (Å²) >= 11 is 5.33. The minimum atomic E-state index is -0.314. The molecular formula is C16H24N2O2S. The average Bonchev–Trinajstić information content (AvgIpc) is 2.40. The van der Waals surface area contributed by atoms with Crippen molar-refractivity contribution < 1.29 is 9.53 Å². The quantitative estimate of drug-likeness (QED) is 0.642. The maximum absolute atomic E-state index is 11.9. The first-order chi connectivity index (χ1) is 9.80. The van der Waals surface area contributed by atoms with Crippen molar-refractivity contribution in [2.45, 2.75) is 46.6 Å². The lowest BCUT2D eigenvalue weighted by Gasteiger charge is -2.27. The highest BCUT2D eigenvalue weighted by Crippen LogP contribution is 2.20. The Bertz CT molecular complexity index is 527. The van der Waals surface area contributed by atoms with Crippen molar-refractivity contribution in [2.75, 3.05) is 11.9 Å². The largest absolute Gasteiger partial charge is 0.462 e. The van der Waals surface area contributed by atoms with Crippen molar-refractivity contribution in [3.05, 3.63) is 29.3 Å². The standard InChI is InChI=1S/C16H24N2O2S/c1-6-16(4,5)18-15(21)17-13-10-8-9-12(11(13)3)14(19)20-7-2/h8-10H,6-7H2,1-5H3,(H2,17,18,21). The van der Waals surface area contributed by atoms with Crippen molar-refractivity contribution in [3.63, 3.8) is 0 Å². The number of carbonyl (C=O) groups is 1. The second kappa shape index (κ2) is 7.41. The summed E-state index contributed by atoms with van der Waals surface area (Å²) in [4.78, 5) is 11.9. The van der Waals surface area contributed by atoms with Crippen molar-refractivity contribution >= 4 is 29.0 Å². The van der Waals surface area contributed by atoms with Crippen LogP contribution in [-0.2, 0) is 4.74 Å². The van der Waals surface area contributed by atoms with Gasteiger partial charge in [0.15, 0.2) is 5.11 Å². The van der Waals surface area contributed by atoms with Crippen LogP contribution in [0.25, 0.3) is 0 Å². The van der Waals surface area contributed by atoms with Crippen LogP contribution in [0, 0.1) is 6.92 Å². The SMILES string of the molecule is CCOC(=O)c1cccc(NC(=S)NC(C)(C)CC)c1C. The van der Waals surface area contributed by atoms with Crippen LogP contribution in [0.1, 0.15) is 50.0 Å². The Morgan fingerprint density at radius 1 is 1.33 bits per heavy atom. The molecule has 4 nitrogen and oxygen atoms in total. The Hall–Kier alpha value is -1.62. The zero-order chi connectivity index (χ0) is 16.0. The summed E-state index contributed by atoms with van der Waals surface area (Å²) in [5, 5.41) is 6.96. The van der Waals surface area contributed by atoms with Gasteiger partial charge in [0.2, 0.25) is 0 Å². The van der Waals surface area contributed by atoms with E-state index in [1.54, 1.807) is 13.0 Å².